The highest BCUT2D eigenvalue weighted by Gasteiger charge is 2.54. The predicted octanol–water partition coefficient (Wildman–Crippen LogP) is 5.32. The lowest BCUT2D eigenvalue weighted by Crippen LogP contribution is -2.21. The number of ether oxygens (including phenoxy) is 1. The minimum atomic E-state index is -3.53. The number of sulfonamides is 1. The van der Waals surface area contributed by atoms with E-state index in [9.17, 15) is 8.42 Å². The van der Waals surface area contributed by atoms with Gasteiger partial charge in [0.05, 0.1) is 11.5 Å². The van der Waals surface area contributed by atoms with E-state index in [1.165, 1.54) is 17.1 Å². The summed E-state index contributed by atoms with van der Waals surface area (Å²) in [6.45, 7) is 6.95. The number of unbranched alkanes of at least 4 members (excludes halogenated alkanes) is 3. The van der Waals surface area contributed by atoms with Gasteiger partial charge in [0.1, 0.15) is 11.6 Å². The predicted molar refractivity (Wildman–Crippen MR) is 125 cm³/mol. The van der Waals surface area contributed by atoms with Crippen molar-refractivity contribution in [3.05, 3.63) is 65.7 Å². The molecule has 0 aromatic heterocycles. The highest BCUT2D eigenvalue weighted by molar-refractivity contribution is 7.89. The van der Waals surface area contributed by atoms with Crippen LogP contribution in [0.5, 0.6) is 0 Å². The topological polar surface area (TPSA) is 46.4 Å². The lowest BCUT2D eigenvalue weighted by atomic mass is 10.1. The van der Waals surface area contributed by atoms with E-state index in [4.69, 9.17) is 4.74 Å². The summed E-state index contributed by atoms with van der Waals surface area (Å²) >= 11 is 0. The average molecular weight is 440 g/mol. The Labute approximate surface area is 187 Å². The van der Waals surface area contributed by atoms with Gasteiger partial charge in [0.25, 0.3) is 0 Å². The van der Waals surface area contributed by atoms with Crippen molar-refractivity contribution in [2.24, 2.45) is 0 Å². The van der Waals surface area contributed by atoms with Crippen LogP contribution in [0.4, 0.5) is 0 Å². The van der Waals surface area contributed by atoms with Crippen LogP contribution in [-0.4, -0.2) is 30.9 Å². The fourth-order valence-corrected chi connectivity index (χ4v) is 5.23. The van der Waals surface area contributed by atoms with E-state index < -0.39 is 15.6 Å². The van der Waals surface area contributed by atoms with Crippen LogP contribution in [-0.2, 0) is 21.4 Å². The Morgan fingerprint density at radius 2 is 1.77 bits per heavy atom. The third kappa shape index (κ3) is 6.43. The van der Waals surface area contributed by atoms with Crippen LogP contribution in [0.25, 0.3) is 0 Å². The second kappa shape index (κ2) is 10.5. The highest BCUT2D eigenvalue weighted by atomic mass is 32.2. The smallest absolute Gasteiger partial charge is 0.244 e. The van der Waals surface area contributed by atoms with Crippen molar-refractivity contribution in [1.82, 2.24) is 4.31 Å². The molecule has 31 heavy (non-hydrogen) atoms. The first kappa shape index (κ1) is 23.5. The molecule has 0 amide bonds. The number of benzene rings is 2. The molecule has 0 aliphatic carbocycles. The summed E-state index contributed by atoms with van der Waals surface area (Å²) in [4.78, 5) is 0.320. The molecule has 3 unspecified atom stereocenters. The first-order valence-corrected chi connectivity index (χ1v) is 12.6. The molecule has 1 fully saturated rings. The first-order chi connectivity index (χ1) is 14.8. The molecular weight excluding hydrogens is 406 g/mol. The number of rotatable bonds is 10. The number of nitrogens with zero attached hydrogens (tertiary/aromatic N) is 1. The second-order valence-corrected chi connectivity index (χ2v) is 10.4. The third-order valence-corrected chi connectivity index (χ3v) is 7.60. The lowest BCUT2D eigenvalue weighted by Gasteiger charge is -2.13. The summed E-state index contributed by atoms with van der Waals surface area (Å²) in [6, 6.07) is 17.0. The fraction of sp³-hybridized carbons (Fsp3) is 0.462. The molecule has 4 nitrogen and oxygen atoms in total. The number of aryl methyl sites for hydroxylation is 1. The van der Waals surface area contributed by atoms with E-state index in [0.717, 1.165) is 30.4 Å². The molecule has 0 saturated carbocycles. The van der Waals surface area contributed by atoms with Crippen molar-refractivity contribution in [2.75, 3.05) is 6.54 Å². The van der Waals surface area contributed by atoms with Crippen molar-refractivity contribution in [3.63, 3.8) is 0 Å². The maximum atomic E-state index is 12.9. The Hall–Kier alpha value is -2.13. The first-order valence-electron chi connectivity index (χ1n) is 11.1. The summed E-state index contributed by atoms with van der Waals surface area (Å²) in [5, 5.41) is 0. The van der Waals surface area contributed by atoms with Gasteiger partial charge in [-0.1, -0.05) is 86.1 Å². The molecule has 1 heterocycles. The third-order valence-electron chi connectivity index (χ3n) is 5.62. The zero-order valence-corrected chi connectivity index (χ0v) is 19.6. The van der Waals surface area contributed by atoms with Crippen molar-refractivity contribution in [2.45, 2.75) is 76.0 Å². The Morgan fingerprint density at radius 3 is 2.45 bits per heavy atom. The molecule has 1 aliphatic rings. The Kier molecular flexibility index (Phi) is 7.94. The molecule has 0 radical (unpaired) electrons. The summed E-state index contributed by atoms with van der Waals surface area (Å²) in [5.41, 5.74) is 1.49. The van der Waals surface area contributed by atoms with Crippen LogP contribution in [0.1, 0.15) is 57.1 Å². The molecule has 1 aliphatic heterocycles. The van der Waals surface area contributed by atoms with Crippen LogP contribution >= 0.6 is 0 Å². The Bertz CT molecular complexity index is 1010. The molecule has 3 rings (SSSR count). The van der Waals surface area contributed by atoms with E-state index in [-0.39, 0.29) is 6.10 Å². The van der Waals surface area contributed by atoms with Crippen LogP contribution in [0.15, 0.2) is 59.5 Å². The van der Waals surface area contributed by atoms with Gasteiger partial charge in [-0.3, -0.25) is 0 Å². The van der Waals surface area contributed by atoms with Gasteiger partial charge in [-0.05, 0) is 44.4 Å². The highest BCUT2D eigenvalue weighted by Crippen LogP contribution is 2.37. The van der Waals surface area contributed by atoms with Gasteiger partial charge in [0.15, 0.2) is 0 Å². The zero-order chi connectivity index (χ0) is 22.3. The van der Waals surface area contributed by atoms with Gasteiger partial charge in [-0.15, -0.1) is 0 Å². The zero-order valence-electron chi connectivity index (χ0n) is 18.8. The standard InChI is InChI=1S/C26H33NO3S/c1-4-5-6-10-13-24(30-20-23-11-8-7-9-12-23)18-19-26(3)21-27(26)31(28,29)25-16-14-22(2)15-17-25/h7-9,11-12,14-17,24H,4-6,10,13,20-21H2,1-3H3. The summed E-state index contributed by atoms with van der Waals surface area (Å²) in [6.07, 6.45) is 5.28. The fourth-order valence-electron chi connectivity index (χ4n) is 3.49. The van der Waals surface area contributed by atoms with Gasteiger partial charge < -0.3 is 4.74 Å². The molecule has 0 bridgehead atoms. The maximum absolute atomic E-state index is 12.9. The van der Waals surface area contributed by atoms with Crippen LogP contribution < -0.4 is 0 Å². The molecule has 2 aromatic rings. The molecule has 3 atom stereocenters. The largest absolute Gasteiger partial charge is 0.361 e. The van der Waals surface area contributed by atoms with Gasteiger partial charge in [-0.25, -0.2) is 8.42 Å². The SMILES string of the molecule is CCCCCCC(C#CC1(C)CN1S(=O)(=O)c1ccc(C)cc1)OCc1ccccc1. The van der Waals surface area contributed by atoms with Crippen LogP contribution in [0.2, 0.25) is 0 Å². The van der Waals surface area contributed by atoms with Crippen molar-refractivity contribution in [3.8, 4) is 11.8 Å². The van der Waals surface area contributed by atoms with Gasteiger partial charge >= 0.3 is 0 Å². The van der Waals surface area contributed by atoms with E-state index in [2.05, 4.69) is 18.8 Å². The van der Waals surface area contributed by atoms with E-state index in [1.54, 1.807) is 12.1 Å². The summed E-state index contributed by atoms with van der Waals surface area (Å²) in [7, 11) is -3.53. The molecular formula is C26H33NO3S. The van der Waals surface area contributed by atoms with E-state index >= 15 is 0 Å². The monoisotopic (exact) mass is 439 g/mol. The van der Waals surface area contributed by atoms with Gasteiger partial charge in [0.2, 0.25) is 10.0 Å². The Morgan fingerprint density at radius 1 is 1.06 bits per heavy atom. The average Bonchev–Trinajstić information content (AvgIpc) is 3.46. The van der Waals surface area contributed by atoms with Crippen molar-refractivity contribution < 1.29 is 13.2 Å². The molecule has 5 heteroatoms. The van der Waals surface area contributed by atoms with Crippen LogP contribution in [0.3, 0.4) is 0 Å². The number of hydrogen-bond acceptors (Lipinski definition) is 3. The second-order valence-electron chi connectivity index (χ2n) is 8.50. The van der Waals surface area contributed by atoms with Crippen molar-refractivity contribution in [1.29, 1.82) is 0 Å². The van der Waals surface area contributed by atoms with E-state index in [1.807, 2.05) is 56.3 Å². The normalized spacial score (nSPS) is 21.2. The summed E-state index contributed by atoms with van der Waals surface area (Å²) in [5.74, 6) is 6.47. The van der Waals surface area contributed by atoms with Crippen molar-refractivity contribution >= 4 is 10.0 Å². The van der Waals surface area contributed by atoms with Gasteiger partial charge in [0, 0.05) is 6.54 Å². The summed E-state index contributed by atoms with van der Waals surface area (Å²) < 4.78 is 33.5. The Balaban J connectivity index is 1.67. The molecule has 0 spiro atoms. The molecule has 2 aromatic carbocycles. The lowest BCUT2D eigenvalue weighted by molar-refractivity contribution is 0.0708. The molecule has 166 valence electrons. The van der Waals surface area contributed by atoms with E-state index in [0.29, 0.717) is 18.0 Å². The maximum Gasteiger partial charge on any atom is 0.244 e. The van der Waals surface area contributed by atoms with Crippen LogP contribution in [0, 0.1) is 18.8 Å². The van der Waals surface area contributed by atoms with Gasteiger partial charge in [-0.2, -0.15) is 4.31 Å². The quantitative estimate of drug-likeness (QED) is 0.286. The molecule has 0 N–H and O–H groups in total. The molecule has 1 saturated heterocycles. The minimum absolute atomic E-state index is 0.196. The number of hydrogen-bond donors (Lipinski definition) is 0. The minimum Gasteiger partial charge on any atom is -0.361 e.